The second-order valence-electron chi connectivity index (χ2n) is 9.76. The molecule has 2 aromatic carbocycles. The minimum absolute atomic E-state index is 0.00869. The molecule has 0 radical (unpaired) electrons. The highest BCUT2D eigenvalue weighted by molar-refractivity contribution is 5.97. The summed E-state index contributed by atoms with van der Waals surface area (Å²) in [6, 6.07) is 16.6. The van der Waals surface area contributed by atoms with Gasteiger partial charge in [0.2, 0.25) is 5.91 Å². The topological polar surface area (TPSA) is 97.9 Å². The summed E-state index contributed by atoms with van der Waals surface area (Å²) in [5.74, 6) is 0.107. The molecule has 0 saturated carbocycles. The smallest absolute Gasteiger partial charge is 0.269 e. The van der Waals surface area contributed by atoms with Gasteiger partial charge in [-0.15, -0.1) is 0 Å². The van der Waals surface area contributed by atoms with Crippen molar-refractivity contribution in [1.82, 2.24) is 14.4 Å². The standard InChI is InChI=1S/C27H30N4O5/c1-27(2,3)30(26(33)20-7-5-8-22(17-20)36-4)18-24(32)29-16-15-28-14-6-9-23(28)25(29)19-10-12-21(13-11-19)31(34)35/h5-14,17,25H,15-16,18H2,1-4H3. The Balaban J connectivity index is 1.65. The zero-order valence-electron chi connectivity index (χ0n) is 20.9. The molecule has 9 nitrogen and oxygen atoms in total. The Bertz CT molecular complexity index is 1280. The molecule has 0 bridgehead atoms. The van der Waals surface area contributed by atoms with Gasteiger partial charge in [0, 0.05) is 48.2 Å². The second kappa shape index (κ2) is 9.85. The van der Waals surface area contributed by atoms with E-state index in [4.69, 9.17) is 4.74 Å². The van der Waals surface area contributed by atoms with E-state index in [0.717, 1.165) is 11.3 Å². The van der Waals surface area contributed by atoms with E-state index in [9.17, 15) is 19.7 Å². The van der Waals surface area contributed by atoms with Crippen LogP contribution in [0.4, 0.5) is 5.69 Å². The van der Waals surface area contributed by atoms with Gasteiger partial charge in [0.1, 0.15) is 12.3 Å². The first kappa shape index (κ1) is 25.0. The quantitative estimate of drug-likeness (QED) is 0.380. The molecule has 1 aliphatic rings. The van der Waals surface area contributed by atoms with Gasteiger partial charge in [0.05, 0.1) is 18.1 Å². The fraction of sp³-hybridized carbons (Fsp3) is 0.333. The molecule has 0 saturated heterocycles. The highest BCUT2D eigenvalue weighted by Gasteiger charge is 2.36. The first-order valence-electron chi connectivity index (χ1n) is 11.7. The molecule has 36 heavy (non-hydrogen) atoms. The molecule has 1 aliphatic heterocycles. The predicted molar refractivity (Wildman–Crippen MR) is 135 cm³/mol. The molecule has 0 N–H and O–H groups in total. The third kappa shape index (κ3) is 4.95. The predicted octanol–water partition coefficient (Wildman–Crippen LogP) is 4.28. The van der Waals surface area contributed by atoms with Gasteiger partial charge in [0.25, 0.3) is 11.6 Å². The molecule has 1 atom stereocenters. The monoisotopic (exact) mass is 490 g/mol. The van der Waals surface area contributed by atoms with Crippen LogP contribution >= 0.6 is 0 Å². The molecule has 2 heterocycles. The van der Waals surface area contributed by atoms with Crippen molar-refractivity contribution < 1.29 is 19.2 Å². The van der Waals surface area contributed by atoms with Gasteiger partial charge >= 0.3 is 0 Å². The Morgan fingerprint density at radius 3 is 2.44 bits per heavy atom. The molecule has 3 aromatic rings. The van der Waals surface area contributed by atoms with Crippen molar-refractivity contribution in [3.63, 3.8) is 0 Å². The van der Waals surface area contributed by atoms with Crippen molar-refractivity contribution in [1.29, 1.82) is 0 Å². The molecule has 0 aliphatic carbocycles. The van der Waals surface area contributed by atoms with Gasteiger partial charge in [-0.25, -0.2) is 0 Å². The normalized spacial score (nSPS) is 15.2. The number of carbonyl (C=O) groups is 2. The Hall–Kier alpha value is -4.14. The summed E-state index contributed by atoms with van der Waals surface area (Å²) in [6.07, 6.45) is 1.96. The Labute approximate surface area is 210 Å². The van der Waals surface area contributed by atoms with Gasteiger partial charge in [-0.2, -0.15) is 0 Å². The largest absolute Gasteiger partial charge is 0.497 e. The lowest BCUT2D eigenvalue weighted by molar-refractivity contribution is -0.384. The van der Waals surface area contributed by atoms with Crippen LogP contribution in [0.5, 0.6) is 5.75 Å². The minimum Gasteiger partial charge on any atom is -0.497 e. The number of non-ortho nitro benzene ring substituents is 1. The number of aromatic nitrogens is 1. The summed E-state index contributed by atoms with van der Waals surface area (Å²) < 4.78 is 7.35. The second-order valence-corrected chi connectivity index (χ2v) is 9.76. The van der Waals surface area contributed by atoms with E-state index in [1.165, 1.54) is 12.1 Å². The number of nitro benzene ring substituents is 1. The third-order valence-corrected chi connectivity index (χ3v) is 6.44. The van der Waals surface area contributed by atoms with Crippen LogP contribution < -0.4 is 4.74 Å². The number of ether oxygens (including phenoxy) is 1. The highest BCUT2D eigenvalue weighted by atomic mass is 16.6. The lowest BCUT2D eigenvalue weighted by Gasteiger charge is -2.41. The van der Waals surface area contributed by atoms with Crippen LogP contribution in [0.1, 0.15) is 48.4 Å². The van der Waals surface area contributed by atoms with Gasteiger partial charge in [-0.3, -0.25) is 19.7 Å². The molecule has 9 heteroatoms. The van der Waals surface area contributed by atoms with E-state index in [0.29, 0.717) is 24.4 Å². The maximum atomic E-state index is 13.8. The average Bonchev–Trinajstić information content (AvgIpc) is 3.34. The van der Waals surface area contributed by atoms with Crippen molar-refractivity contribution in [3.05, 3.63) is 93.8 Å². The van der Waals surface area contributed by atoms with E-state index < -0.39 is 16.5 Å². The van der Waals surface area contributed by atoms with Gasteiger partial charge in [-0.1, -0.05) is 6.07 Å². The lowest BCUT2D eigenvalue weighted by atomic mass is 9.98. The maximum absolute atomic E-state index is 13.8. The molecule has 1 aromatic heterocycles. The molecular formula is C27H30N4O5. The molecule has 0 spiro atoms. The minimum atomic E-state index is -0.616. The number of hydrogen-bond acceptors (Lipinski definition) is 5. The van der Waals surface area contributed by atoms with Gasteiger partial charge in [0.15, 0.2) is 0 Å². The summed E-state index contributed by atoms with van der Waals surface area (Å²) in [7, 11) is 1.54. The molecule has 188 valence electrons. The summed E-state index contributed by atoms with van der Waals surface area (Å²) in [6.45, 7) is 6.66. The number of hydrogen-bond donors (Lipinski definition) is 0. The van der Waals surface area contributed by atoms with E-state index in [1.54, 1.807) is 53.3 Å². The van der Waals surface area contributed by atoms with Crippen LogP contribution in [0.3, 0.4) is 0 Å². The first-order valence-corrected chi connectivity index (χ1v) is 11.7. The number of fused-ring (bicyclic) bond motifs is 1. The summed E-state index contributed by atoms with van der Waals surface area (Å²) in [5, 5.41) is 11.1. The van der Waals surface area contributed by atoms with Crippen molar-refractivity contribution in [2.24, 2.45) is 0 Å². The highest BCUT2D eigenvalue weighted by Crippen LogP contribution is 2.34. The van der Waals surface area contributed by atoms with Crippen LogP contribution in [0.25, 0.3) is 0 Å². The van der Waals surface area contributed by atoms with Crippen molar-refractivity contribution in [2.45, 2.75) is 38.9 Å². The zero-order chi connectivity index (χ0) is 26.0. The van der Waals surface area contributed by atoms with Crippen molar-refractivity contribution in [2.75, 3.05) is 20.2 Å². The Kier molecular flexibility index (Phi) is 6.83. The summed E-state index contributed by atoms with van der Waals surface area (Å²) in [5.41, 5.74) is 1.51. The van der Waals surface area contributed by atoms with Crippen LogP contribution in [-0.2, 0) is 11.3 Å². The average molecular weight is 491 g/mol. The van der Waals surface area contributed by atoms with Crippen LogP contribution in [0.2, 0.25) is 0 Å². The zero-order valence-corrected chi connectivity index (χ0v) is 20.9. The van der Waals surface area contributed by atoms with Crippen molar-refractivity contribution in [3.8, 4) is 5.75 Å². The third-order valence-electron chi connectivity index (χ3n) is 6.44. The van der Waals surface area contributed by atoms with E-state index >= 15 is 0 Å². The van der Waals surface area contributed by atoms with Gasteiger partial charge < -0.3 is 19.1 Å². The number of methoxy groups -OCH3 is 1. The van der Waals surface area contributed by atoms with E-state index in [-0.39, 0.29) is 24.0 Å². The number of nitrogens with zero attached hydrogens (tertiary/aromatic N) is 4. The maximum Gasteiger partial charge on any atom is 0.269 e. The van der Waals surface area contributed by atoms with E-state index in [1.807, 2.05) is 39.1 Å². The fourth-order valence-electron chi connectivity index (χ4n) is 4.53. The molecule has 0 fully saturated rings. The van der Waals surface area contributed by atoms with Gasteiger partial charge in [-0.05, 0) is 68.8 Å². The molecule has 4 rings (SSSR count). The number of nitro groups is 1. The lowest BCUT2D eigenvalue weighted by Crippen LogP contribution is -2.53. The van der Waals surface area contributed by atoms with Crippen LogP contribution in [-0.4, -0.2) is 56.8 Å². The number of amides is 2. The SMILES string of the molecule is COc1cccc(C(=O)N(CC(=O)N2CCn3cccc3C2c2ccc([N+](=O)[O-])cc2)C(C)(C)C)c1. The Morgan fingerprint density at radius 1 is 1.08 bits per heavy atom. The fourth-order valence-corrected chi connectivity index (χ4v) is 4.53. The van der Waals surface area contributed by atoms with Crippen LogP contribution in [0, 0.1) is 10.1 Å². The molecule has 2 amide bonds. The first-order chi connectivity index (χ1) is 17.1. The molecular weight excluding hydrogens is 460 g/mol. The number of carbonyl (C=O) groups excluding carboxylic acids is 2. The van der Waals surface area contributed by atoms with Crippen LogP contribution in [0.15, 0.2) is 66.9 Å². The Morgan fingerprint density at radius 2 is 1.81 bits per heavy atom. The number of rotatable bonds is 6. The number of benzene rings is 2. The summed E-state index contributed by atoms with van der Waals surface area (Å²) >= 11 is 0. The summed E-state index contributed by atoms with van der Waals surface area (Å²) in [4.78, 5) is 41.3. The molecule has 1 unspecified atom stereocenters. The van der Waals surface area contributed by atoms with Crippen molar-refractivity contribution >= 4 is 17.5 Å². The van der Waals surface area contributed by atoms with E-state index in [2.05, 4.69) is 4.57 Å².